The van der Waals surface area contributed by atoms with E-state index in [0.29, 0.717) is 17.9 Å². The average molecular weight is 316 g/mol. The molecular weight excluding hydrogens is 300 g/mol. The Morgan fingerprint density at radius 1 is 1.18 bits per heavy atom. The van der Waals surface area contributed by atoms with Gasteiger partial charge < -0.3 is 4.90 Å². The Balaban J connectivity index is 1.81. The van der Waals surface area contributed by atoms with Crippen molar-refractivity contribution in [3.05, 3.63) is 59.7 Å². The maximum absolute atomic E-state index is 12.1. The van der Waals surface area contributed by atoms with Crippen molar-refractivity contribution < 1.29 is 14.2 Å². The van der Waals surface area contributed by atoms with Gasteiger partial charge in [-0.3, -0.25) is 14.2 Å². The number of nitrogens with one attached hydrogen (secondary N) is 1. The third-order valence-electron chi connectivity index (χ3n) is 3.69. The van der Waals surface area contributed by atoms with Crippen LogP contribution in [0, 0.1) is 0 Å². The molecule has 0 saturated carbocycles. The second-order valence-corrected chi connectivity index (χ2v) is 6.62. The average Bonchev–Trinajstić information content (AvgIpc) is 2.57. The van der Waals surface area contributed by atoms with Crippen molar-refractivity contribution in [3.63, 3.8) is 0 Å². The molecule has 2 N–H and O–H groups in total. The maximum Gasteiger partial charge on any atom is 0.274 e. The van der Waals surface area contributed by atoms with Crippen LogP contribution in [0.4, 0.5) is 5.69 Å². The second kappa shape index (κ2) is 6.29. The molecule has 1 atom stereocenters. The summed E-state index contributed by atoms with van der Waals surface area (Å²) < 4.78 is 12.1. The van der Waals surface area contributed by atoms with E-state index in [9.17, 15) is 9.00 Å². The number of amides is 1. The van der Waals surface area contributed by atoms with Crippen LogP contribution in [0.3, 0.4) is 0 Å². The van der Waals surface area contributed by atoms with Crippen LogP contribution in [0.1, 0.15) is 15.9 Å². The van der Waals surface area contributed by atoms with Gasteiger partial charge in [0.2, 0.25) is 0 Å². The molecule has 0 fully saturated rings. The lowest BCUT2D eigenvalue weighted by Gasteiger charge is -2.30. The largest absolute Gasteiger partial charge is 0.365 e. The first-order chi connectivity index (χ1) is 10.7. The zero-order chi connectivity index (χ0) is 15.5. The zero-order valence-corrected chi connectivity index (χ0v) is 12.7. The first-order valence-corrected chi connectivity index (χ1v) is 8.26. The third-order valence-corrected chi connectivity index (χ3v) is 5.08. The van der Waals surface area contributed by atoms with Crippen molar-refractivity contribution in [2.24, 2.45) is 0 Å². The van der Waals surface area contributed by atoms with Crippen LogP contribution in [0.25, 0.3) is 0 Å². The summed E-state index contributed by atoms with van der Waals surface area (Å²) in [5.41, 5.74) is 4.08. The number of hydrogen-bond donors (Lipinski definition) is 2. The topological polar surface area (TPSA) is 69.6 Å². The normalized spacial score (nSPS) is 17.0. The second-order valence-electron chi connectivity index (χ2n) is 5.08. The summed E-state index contributed by atoms with van der Waals surface area (Å²) in [6, 6.07) is 14.8. The Morgan fingerprint density at radius 2 is 1.91 bits per heavy atom. The maximum atomic E-state index is 12.1. The molecule has 0 aromatic heterocycles. The highest BCUT2D eigenvalue weighted by atomic mass is 32.2. The number of carbonyl (C=O) groups excluding carboxylic acids is 1. The summed E-state index contributed by atoms with van der Waals surface area (Å²) in [4.78, 5) is 14.4. The molecule has 1 unspecified atom stereocenters. The van der Waals surface area contributed by atoms with Gasteiger partial charge in [0.25, 0.3) is 5.91 Å². The third kappa shape index (κ3) is 2.88. The van der Waals surface area contributed by atoms with Gasteiger partial charge in [-0.1, -0.05) is 24.3 Å². The molecule has 0 bridgehead atoms. The van der Waals surface area contributed by atoms with E-state index in [1.807, 2.05) is 36.4 Å². The van der Waals surface area contributed by atoms with E-state index >= 15 is 0 Å². The number of fused-ring (bicyclic) bond motifs is 1. The van der Waals surface area contributed by atoms with Crippen LogP contribution >= 0.6 is 0 Å². The predicted molar refractivity (Wildman–Crippen MR) is 84.5 cm³/mol. The predicted octanol–water partition coefficient (Wildman–Crippen LogP) is 1.93. The van der Waals surface area contributed by atoms with E-state index < -0.39 is 16.7 Å². The molecular formula is C16H16N2O3S. The van der Waals surface area contributed by atoms with Gasteiger partial charge in [0.1, 0.15) is 0 Å². The van der Waals surface area contributed by atoms with Crippen molar-refractivity contribution in [2.45, 2.75) is 11.4 Å². The van der Waals surface area contributed by atoms with E-state index in [1.54, 1.807) is 17.6 Å². The van der Waals surface area contributed by atoms with Gasteiger partial charge in [0, 0.05) is 24.4 Å². The van der Waals surface area contributed by atoms with Crippen LogP contribution in [0.15, 0.2) is 53.4 Å². The fourth-order valence-electron chi connectivity index (χ4n) is 2.55. The Hall–Kier alpha value is -2.18. The fraction of sp³-hybridized carbons (Fsp3) is 0.188. The van der Waals surface area contributed by atoms with Crippen molar-refractivity contribution in [3.8, 4) is 0 Å². The Labute approximate surface area is 131 Å². The minimum absolute atomic E-state index is 0.409. The molecule has 0 saturated heterocycles. The molecule has 1 amide bonds. The monoisotopic (exact) mass is 316 g/mol. The molecule has 1 aliphatic heterocycles. The SMILES string of the molecule is O=C(NO)c1ccc(CN2CCS(=O)c3ccccc32)cc1. The quantitative estimate of drug-likeness (QED) is 0.670. The number of hydroxylamine groups is 1. The highest BCUT2D eigenvalue weighted by Crippen LogP contribution is 2.29. The molecule has 1 aliphatic rings. The van der Waals surface area contributed by atoms with Gasteiger partial charge in [-0.05, 0) is 29.8 Å². The van der Waals surface area contributed by atoms with Crippen LogP contribution in [0.5, 0.6) is 0 Å². The number of benzene rings is 2. The highest BCUT2D eigenvalue weighted by Gasteiger charge is 2.21. The van der Waals surface area contributed by atoms with E-state index in [1.165, 1.54) is 0 Å². The number of nitrogens with zero attached hydrogens (tertiary/aromatic N) is 1. The standard InChI is InChI=1S/C16H16N2O3S/c19-16(17-20)13-7-5-12(6-8-13)11-18-9-10-22(21)15-4-2-1-3-14(15)18/h1-8,20H,9-11H2,(H,17,19). The summed E-state index contributed by atoms with van der Waals surface area (Å²) in [5, 5.41) is 8.62. The van der Waals surface area contributed by atoms with Gasteiger partial charge in [-0.2, -0.15) is 0 Å². The van der Waals surface area contributed by atoms with Crippen molar-refractivity contribution in [2.75, 3.05) is 17.2 Å². The van der Waals surface area contributed by atoms with Gasteiger partial charge in [0.15, 0.2) is 0 Å². The number of para-hydroxylation sites is 1. The Morgan fingerprint density at radius 3 is 2.64 bits per heavy atom. The molecule has 1 heterocycles. The zero-order valence-electron chi connectivity index (χ0n) is 11.9. The Bertz CT molecular complexity index is 716. The summed E-state index contributed by atoms with van der Waals surface area (Å²) in [7, 11) is -0.927. The van der Waals surface area contributed by atoms with Gasteiger partial charge in [0.05, 0.1) is 21.4 Å². The van der Waals surface area contributed by atoms with Crippen molar-refractivity contribution >= 4 is 22.4 Å². The first kappa shape index (κ1) is 14.7. The molecule has 22 heavy (non-hydrogen) atoms. The number of rotatable bonds is 3. The summed E-state index contributed by atoms with van der Waals surface area (Å²) in [5.74, 6) is 0.104. The first-order valence-electron chi connectivity index (χ1n) is 6.95. The molecule has 2 aromatic carbocycles. The van der Waals surface area contributed by atoms with E-state index in [4.69, 9.17) is 5.21 Å². The molecule has 2 aromatic rings. The van der Waals surface area contributed by atoms with Gasteiger partial charge in [-0.25, -0.2) is 5.48 Å². The number of carbonyl (C=O) groups is 1. The molecule has 0 spiro atoms. The Kier molecular flexibility index (Phi) is 4.22. The summed E-state index contributed by atoms with van der Waals surface area (Å²) in [6.45, 7) is 1.43. The van der Waals surface area contributed by atoms with Crippen LogP contribution in [0.2, 0.25) is 0 Å². The summed E-state index contributed by atoms with van der Waals surface area (Å²) in [6.07, 6.45) is 0. The molecule has 0 radical (unpaired) electrons. The van der Waals surface area contributed by atoms with Crippen molar-refractivity contribution in [1.82, 2.24) is 5.48 Å². The molecule has 6 heteroatoms. The molecule has 3 rings (SSSR count). The van der Waals surface area contributed by atoms with Crippen LogP contribution in [-0.4, -0.2) is 27.6 Å². The van der Waals surface area contributed by atoms with E-state index in [-0.39, 0.29) is 0 Å². The van der Waals surface area contributed by atoms with E-state index in [2.05, 4.69) is 4.90 Å². The molecule has 5 nitrogen and oxygen atoms in total. The van der Waals surface area contributed by atoms with Gasteiger partial charge >= 0.3 is 0 Å². The highest BCUT2D eigenvalue weighted by molar-refractivity contribution is 7.85. The molecule has 114 valence electrons. The summed E-state index contributed by atoms with van der Waals surface area (Å²) >= 11 is 0. The number of anilines is 1. The minimum Gasteiger partial charge on any atom is -0.365 e. The van der Waals surface area contributed by atoms with E-state index in [0.717, 1.165) is 22.7 Å². The lowest BCUT2D eigenvalue weighted by atomic mass is 10.1. The number of hydrogen-bond acceptors (Lipinski definition) is 4. The van der Waals surface area contributed by atoms with Crippen molar-refractivity contribution in [1.29, 1.82) is 0 Å². The lowest BCUT2D eigenvalue weighted by molar-refractivity contribution is 0.0706. The minimum atomic E-state index is -0.927. The van der Waals surface area contributed by atoms with Crippen LogP contribution in [-0.2, 0) is 17.3 Å². The lowest BCUT2D eigenvalue weighted by Crippen LogP contribution is -2.32. The van der Waals surface area contributed by atoms with Crippen LogP contribution < -0.4 is 10.4 Å². The fourth-order valence-corrected chi connectivity index (χ4v) is 3.81. The molecule has 0 aliphatic carbocycles. The van der Waals surface area contributed by atoms with Gasteiger partial charge in [-0.15, -0.1) is 0 Å². The smallest absolute Gasteiger partial charge is 0.274 e.